The molecule has 2 fully saturated rings. The largest absolute Gasteiger partial charge is 0.353 e. The summed E-state index contributed by atoms with van der Waals surface area (Å²) in [5.74, 6) is 0.288. The van der Waals surface area contributed by atoms with Gasteiger partial charge in [0.15, 0.2) is 5.82 Å². The number of aromatic nitrogens is 3. The Bertz CT molecular complexity index is 698. The molecule has 0 unspecified atom stereocenters. The van der Waals surface area contributed by atoms with Crippen molar-refractivity contribution in [2.75, 3.05) is 31.1 Å². The van der Waals surface area contributed by atoms with Gasteiger partial charge in [-0.2, -0.15) is 0 Å². The maximum absolute atomic E-state index is 13.1. The number of aryl methyl sites for hydroxylation is 1. The molecule has 1 atom stereocenters. The van der Waals surface area contributed by atoms with Crippen molar-refractivity contribution in [3.63, 3.8) is 0 Å². The van der Waals surface area contributed by atoms with Crippen LogP contribution < -0.4 is 4.90 Å². The van der Waals surface area contributed by atoms with E-state index in [4.69, 9.17) is 0 Å². The standard InChI is InChI=1S/C18H24FN5/c1-22-7-2-4-16(22)12-23-9-6-18(13-23)5-3-8-24(14-18)17-20-10-15(19)11-21-17/h2,4,7,10-11H,3,5-6,8-9,12-14H2,1H3/t18-/m1/s1. The minimum absolute atomic E-state index is 0.321. The first kappa shape index (κ1) is 15.6. The molecule has 2 saturated heterocycles. The fourth-order valence-electron chi connectivity index (χ4n) is 4.23. The summed E-state index contributed by atoms with van der Waals surface area (Å²) >= 11 is 0. The summed E-state index contributed by atoms with van der Waals surface area (Å²) in [6.45, 7) is 5.21. The SMILES string of the molecule is Cn1cccc1CN1CC[C@]2(CCCN(c3ncc(F)cn3)C2)C1. The molecule has 128 valence electrons. The highest BCUT2D eigenvalue weighted by Crippen LogP contribution is 2.40. The lowest BCUT2D eigenvalue weighted by molar-refractivity contribution is 0.213. The molecule has 6 heteroatoms. The van der Waals surface area contributed by atoms with Gasteiger partial charge in [0.2, 0.25) is 5.95 Å². The Morgan fingerprint density at radius 1 is 1.17 bits per heavy atom. The van der Waals surface area contributed by atoms with Crippen molar-refractivity contribution in [1.29, 1.82) is 0 Å². The third-order valence-electron chi connectivity index (χ3n) is 5.51. The van der Waals surface area contributed by atoms with Gasteiger partial charge in [-0.05, 0) is 37.9 Å². The van der Waals surface area contributed by atoms with Gasteiger partial charge in [0.1, 0.15) is 0 Å². The van der Waals surface area contributed by atoms with E-state index in [-0.39, 0.29) is 5.82 Å². The molecule has 0 bridgehead atoms. The van der Waals surface area contributed by atoms with E-state index in [0.717, 1.165) is 39.1 Å². The molecule has 0 aliphatic carbocycles. The number of hydrogen-bond donors (Lipinski definition) is 0. The predicted octanol–water partition coefficient (Wildman–Crippen LogP) is 2.45. The first-order chi connectivity index (χ1) is 11.6. The Balaban J connectivity index is 1.44. The van der Waals surface area contributed by atoms with Gasteiger partial charge < -0.3 is 9.47 Å². The number of piperidine rings is 1. The fraction of sp³-hybridized carbons (Fsp3) is 0.556. The molecule has 2 aromatic rings. The predicted molar refractivity (Wildman–Crippen MR) is 91.2 cm³/mol. The van der Waals surface area contributed by atoms with Crippen molar-refractivity contribution in [1.82, 2.24) is 19.4 Å². The van der Waals surface area contributed by atoms with Gasteiger partial charge in [0.25, 0.3) is 0 Å². The molecular weight excluding hydrogens is 305 g/mol. The van der Waals surface area contributed by atoms with E-state index in [1.165, 1.54) is 30.9 Å². The highest BCUT2D eigenvalue weighted by molar-refractivity contribution is 5.30. The smallest absolute Gasteiger partial charge is 0.225 e. The molecule has 2 aromatic heterocycles. The van der Waals surface area contributed by atoms with Crippen molar-refractivity contribution < 1.29 is 4.39 Å². The van der Waals surface area contributed by atoms with Gasteiger partial charge in [-0.25, -0.2) is 14.4 Å². The highest BCUT2D eigenvalue weighted by atomic mass is 19.1. The van der Waals surface area contributed by atoms with Gasteiger partial charge >= 0.3 is 0 Å². The molecule has 24 heavy (non-hydrogen) atoms. The van der Waals surface area contributed by atoms with Crippen LogP contribution in [0.3, 0.4) is 0 Å². The highest BCUT2D eigenvalue weighted by Gasteiger charge is 2.41. The normalized spacial score (nSPS) is 24.8. The zero-order chi connectivity index (χ0) is 16.6. The van der Waals surface area contributed by atoms with E-state index in [9.17, 15) is 4.39 Å². The van der Waals surface area contributed by atoms with Crippen LogP contribution in [-0.2, 0) is 13.6 Å². The number of anilines is 1. The summed E-state index contributed by atoms with van der Waals surface area (Å²) in [6, 6.07) is 4.31. The summed E-state index contributed by atoms with van der Waals surface area (Å²) < 4.78 is 15.3. The Labute approximate surface area is 142 Å². The van der Waals surface area contributed by atoms with Crippen LogP contribution in [0.5, 0.6) is 0 Å². The topological polar surface area (TPSA) is 37.2 Å². The molecule has 2 aliphatic rings. The molecule has 5 nitrogen and oxygen atoms in total. The van der Waals surface area contributed by atoms with Gasteiger partial charge in [-0.15, -0.1) is 0 Å². The van der Waals surface area contributed by atoms with E-state index in [0.29, 0.717) is 11.4 Å². The zero-order valence-electron chi connectivity index (χ0n) is 14.2. The number of likely N-dealkylation sites (tertiary alicyclic amines) is 1. The molecule has 0 radical (unpaired) electrons. The molecular formula is C18H24FN5. The molecule has 2 aliphatic heterocycles. The van der Waals surface area contributed by atoms with Crippen LogP contribution in [0.1, 0.15) is 25.0 Å². The van der Waals surface area contributed by atoms with E-state index in [1.807, 2.05) is 0 Å². The molecule has 1 spiro atoms. The summed E-state index contributed by atoms with van der Waals surface area (Å²) in [4.78, 5) is 13.1. The monoisotopic (exact) mass is 329 g/mol. The number of halogens is 1. The van der Waals surface area contributed by atoms with E-state index < -0.39 is 0 Å². The number of nitrogens with zero attached hydrogens (tertiary/aromatic N) is 5. The van der Waals surface area contributed by atoms with Crippen LogP contribution >= 0.6 is 0 Å². The number of rotatable bonds is 3. The molecule has 0 amide bonds. The van der Waals surface area contributed by atoms with Crippen molar-refractivity contribution in [2.24, 2.45) is 12.5 Å². The van der Waals surface area contributed by atoms with Gasteiger partial charge in [0, 0.05) is 50.5 Å². The van der Waals surface area contributed by atoms with Crippen molar-refractivity contribution >= 4 is 5.95 Å². The average molecular weight is 329 g/mol. The second-order valence-electron chi connectivity index (χ2n) is 7.30. The zero-order valence-corrected chi connectivity index (χ0v) is 14.2. The van der Waals surface area contributed by atoms with E-state index in [1.54, 1.807) is 0 Å². The van der Waals surface area contributed by atoms with Crippen molar-refractivity contribution in [3.05, 3.63) is 42.2 Å². The lowest BCUT2D eigenvalue weighted by atomic mass is 9.79. The third-order valence-corrected chi connectivity index (χ3v) is 5.51. The molecule has 0 N–H and O–H groups in total. The maximum atomic E-state index is 13.1. The fourth-order valence-corrected chi connectivity index (χ4v) is 4.23. The summed E-state index contributed by atoms with van der Waals surface area (Å²) in [6.07, 6.45) is 8.26. The van der Waals surface area contributed by atoms with Gasteiger partial charge in [-0.1, -0.05) is 0 Å². The lowest BCUT2D eigenvalue weighted by Gasteiger charge is -2.40. The summed E-state index contributed by atoms with van der Waals surface area (Å²) in [5, 5.41) is 0. The Morgan fingerprint density at radius 2 is 2.00 bits per heavy atom. The third kappa shape index (κ3) is 3.02. The van der Waals surface area contributed by atoms with Crippen LogP contribution in [0.2, 0.25) is 0 Å². The molecule has 0 aromatic carbocycles. The van der Waals surface area contributed by atoms with Crippen LogP contribution in [0.25, 0.3) is 0 Å². The minimum atomic E-state index is -0.375. The van der Waals surface area contributed by atoms with Crippen LogP contribution in [0.4, 0.5) is 10.3 Å². The van der Waals surface area contributed by atoms with Gasteiger partial charge in [-0.3, -0.25) is 4.90 Å². The van der Waals surface area contributed by atoms with Crippen LogP contribution in [-0.4, -0.2) is 45.6 Å². The lowest BCUT2D eigenvalue weighted by Crippen LogP contribution is -2.45. The summed E-state index contributed by atoms with van der Waals surface area (Å²) in [5.41, 5.74) is 1.68. The molecule has 0 saturated carbocycles. The first-order valence-corrected chi connectivity index (χ1v) is 8.69. The van der Waals surface area contributed by atoms with Crippen LogP contribution in [0.15, 0.2) is 30.7 Å². The van der Waals surface area contributed by atoms with Crippen LogP contribution in [0, 0.1) is 11.2 Å². The number of hydrogen-bond acceptors (Lipinski definition) is 4. The Hall–Kier alpha value is -1.95. The van der Waals surface area contributed by atoms with E-state index >= 15 is 0 Å². The Morgan fingerprint density at radius 3 is 2.75 bits per heavy atom. The minimum Gasteiger partial charge on any atom is -0.353 e. The summed E-state index contributed by atoms with van der Waals surface area (Å²) in [7, 11) is 2.11. The first-order valence-electron chi connectivity index (χ1n) is 8.69. The van der Waals surface area contributed by atoms with E-state index in [2.05, 4.69) is 49.7 Å². The molecule has 4 rings (SSSR count). The van der Waals surface area contributed by atoms with Crippen molar-refractivity contribution in [3.8, 4) is 0 Å². The second kappa shape index (κ2) is 6.16. The maximum Gasteiger partial charge on any atom is 0.225 e. The second-order valence-corrected chi connectivity index (χ2v) is 7.30. The molecule has 4 heterocycles. The average Bonchev–Trinajstić information content (AvgIpc) is 3.16. The quantitative estimate of drug-likeness (QED) is 0.867. The van der Waals surface area contributed by atoms with Gasteiger partial charge in [0.05, 0.1) is 12.4 Å². The van der Waals surface area contributed by atoms with Crippen molar-refractivity contribution in [2.45, 2.75) is 25.8 Å². The Kier molecular flexibility index (Phi) is 4.00.